The number of carbonyl (C=O) groups excluding carboxylic acids is 2. The van der Waals surface area contributed by atoms with Crippen molar-refractivity contribution in [3.63, 3.8) is 0 Å². The van der Waals surface area contributed by atoms with Gasteiger partial charge in [0.2, 0.25) is 11.8 Å². The first-order valence-electron chi connectivity index (χ1n) is 9.18. The first-order valence-corrected chi connectivity index (χ1v) is 9.18. The van der Waals surface area contributed by atoms with E-state index in [-0.39, 0.29) is 17.9 Å². The molecule has 4 rings (SSSR count). The predicted octanol–water partition coefficient (Wildman–Crippen LogP) is 1.50. The summed E-state index contributed by atoms with van der Waals surface area (Å²) in [7, 11) is 2.16. The monoisotopic (exact) mass is 343 g/mol. The summed E-state index contributed by atoms with van der Waals surface area (Å²) in [5.41, 5.74) is 2.26. The molecule has 2 saturated heterocycles. The highest BCUT2D eigenvalue weighted by atomic mass is 16.5. The number of nitrogens with zero attached hydrogens (tertiary/aromatic N) is 2. The highest BCUT2D eigenvalue weighted by molar-refractivity contribution is 6.01. The highest BCUT2D eigenvalue weighted by Crippen LogP contribution is 2.42. The zero-order chi connectivity index (χ0) is 17.4. The van der Waals surface area contributed by atoms with Gasteiger partial charge in [-0.05, 0) is 56.9 Å². The molecular formula is C19H25N3O3. The molecule has 0 bridgehead atoms. The minimum atomic E-state index is -0.284. The van der Waals surface area contributed by atoms with Crippen molar-refractivity contribution in [1.82, 2.24) is 10.2 Å². The third-order valence-corrected chi connectivity index (χ3v) is 5.66. The van der Waals surface area contributed by atoms with Crippen molar-refractivity contribution >= 4 is 17.5 Å². The van der Waals surface area contributed by atoms with Gasteiger partial charge in [0.15, 0.2) is 0 Å². The summed E-state index contributed by atoms with van der Waals surface area (Å²) in [5.74, 6) is 1.09. The maximum atomic E-state index is 12.3. The van der Waals surface area contributed by atoms with Gasteiger partial charge in [-0.3, -0.25) is 14.9 Å². The molecule has 134 valence electrons. The second-order valence-electron chi connectivity index (χ2n) is 7.28. The number of imide groups is 1. The lowest BCUT2D eigenvalue weighted by Gasteiger charge is -2.40. The van der Waals surface area contributed by atoms with Crippen LogP contribution in [0.2, 0.25) is 0 Å². The molecule has 25 heavy (non-hydrogen) atoms. The van der Waals surface area contributed by atoms with Crippen molar-refractivity contribution in [3.05, 3.63) is 23.8 Å². The standard InChI is InChI=1S/C19H25N3O3/c1-21-9-7-13(8-10-21)14-3-2-4-15-18(14)25-12-11-22(15)16-5-6-17(23)20-19(16)24/h2-4,13,16H,5-12H2,1H3,(H,20,23,24). The van der Waals surface area contributed by atoms with E-state index in [0.717, 1.165) is 37.4 Å². The third kappa shape index (κ3) is 3.11. The molecule has 3 heterocycles. The highest BCUT2D eigenvalue weighted by Gasteiger charge is 2.35. The molecule has 2 amide bonds. The Hall–Kier alpha value is -2.08. The van der Waals surface area contributed by atoms with E-state index in [9.17, 15) is 9.59 Å². The summed E-state index contributed by atoms with van der Waals surface area (Å²) >= 11 is 0. The number of rotatable bonds is 2. The van der Waals surface area contributed by atoms with Gasteiger partial charge in [0.25, 0.3) is 0 Å². The second kappa shape index (κ2) is 6.67. The van der Waals surface area contributed by atoms with Crippen LogP contribution in [-0.4, -0.2) is 56.0 Å². The van der Waals surface area contributed by atoms with Crippen LogP contribution in [0.5, 0.6) is 5.75 Å². The molecular weight excluding hydrogens is 318 g/mol. The number of amides is 2. The Balaban J connectivity index is 1.63. The van der Waals surface area contributed by atoms with E-state index in [1.165, 1.54) is 5.56 Å². The van der Waals surface area contributed by atoms with Gasteiger partial charge in [0, 0.05) is 6.42 Å². The van der Waals surface area contributed by atoms with Crippen LogP contribution in [-0.2, 0) is 9.59 Å². The Morgan fingerprint density at radius 1 is 1.12 bits per heavy atom. The molecule has 2 fully saturated rings. The number of nitrogens with one attached hydrogen (secondary N) is 1. The Labute approximate surface area is 148 Å². The SMILES string of the molecule is CN1CCC(c2cccc3c2OCCN3C2CCC(=O)NC2=O)CC1. The van der Waals surface area contributed by atoms with Gasteiger partial charge in [0.1, 0.15) is 18.4 Å². The Morgan fingerprint density at radius 2 is 1.92 bits per heavy atom. The molecule has 0 aliphatic carbocycles. The molecule has 1 aromatic rings. The normalized spacial score (nSPS) is 25.3. The van der Waals surface area contributed by atoms with Gasteiger partial charge in [-0.1, -0.05) is 12.1 Å². The van der Waals surface area contributed by atoms with Crippen LogP contribution in [0.3, 0.4) is 0 Å². The molecule has 1 unspecified atom stereocenters. The second-order valence-corrected chi connectivity index (χ2v) is 7.28. The molecule has 0 spiro atoms. The summed E-state index contributed by atoms with van der Waals surface area (Å²) in [4.78, 5) is 28.3. The van der Waals surface area contributed by atoms with Gasteiger partial charge < -0.3 is 14.5 Å². The molecule has 0 radical (unpaired) electrons. The molecule has 3 aliphatic heterocycles. The van der Waals surface area contributed by atoms with E-state index in [2.05, 4.69) is 34.3 Å². The first kappa shape index (κ1) is 16.4. The zero-order valence-corrected chi connectivity index (χ0v) is 14.7. The number of piperidine rings is 2. The number of likely N-dealkylation sites (tertiary alicyclic amines) is 1. The van der Waals surface area contributed by atoms with Crippen LogP contribution in [0, 0.1) is 0 Å². The van der Waals surface area contributed by atoms with Crippen LogP contribution in [0.4, 0.5) is 5.69 Å². The summed E-state index contributed by atoms with van der Waals surface area (Å²) in [6.07, 6.45) is 3.24. The van der Waals surface area contributed by atoms with Crippen molar-refractivity contribution in [3.8, 4) is 5.75 Å². The van der Waals surface area contributed by atoms with Crippen molar-refractivity contribution < 1.29 is 14.3 Å². The molecule has 3 aliphatic rings. The van der Waals surface area contributed by atoms with Crippen LogP contribution in [0.15, 0.2) is 18.2 Å². The number of para-hydroxylation sites is 1. The van der Waals surface area contributed by atoms with Crippen LogP contribution in [0.25, 0.3) is 0 Å². The van der Waals surface area contributed by atoms with Crippen molar-refractivity contribution in [2.24, 2.45) is 0 Å². The summed E-state index contributed by atoms with van der Waals surface area (Å²) < 4.78 is 6.06. The fourth-order valence-electron chi connectivity index (χ4n) is 4.24. The van der Waals surface area contributed by atoms with Crippen molar-refractivity contribution in [2.75, 3.05) is 38.2 Å². The lowest BCUT2D eigenvalue weighted by atomic mass is 9.88. The lowest BCUT2D eigenvalue weighted by Crippen LogP contribution is -2.54. The van der Waals surface area contributed by atoms with E-state index in [1.54, 1.807) is 0 Å². The van der Waals surface area contributed by atoms with Crippen LogP contribution >= 0.6 is 0 Å². The van der Waals surface area contributed by atoms with Gasteiger partial charge in [-0.15, -0.1) is 0 Å². The van der Waals surface area contributed by atoms with Gasteiger partial charge in [-0.25, -0.2) is 0 Å². The average Bonchev–Trinajstić information content (AvgIpc) is 2.62. The molecule has 1 N–H and O–H groups in total. The lowest BCUT2D eigenvalue weighted by molar-refractivity contribution is -0.134. The maximum absolute atomic E-state index is 12.3. The summed E-state index contributed by atoms with van der Waals surface area (Å²) in [6, 6.07) is 5.99. The maximum Gasteiger partial charge on any atom is 0.249 e. The summed E-state index contributed by atoms with van der Waals surface area (Å²) in [6.45, 7) is 3.46. The Morgan fingerprint density at radius 3 is 2.68 bits per heavy atom. The van der Waals surface area contributed by atoms with Crippen molar-refractivity contribution in [1.29, 1.82) is 0 Å². The smallest absolute Gasteiger partial charge is 0.249 e. The number of fused-ring (bicyclic) bond motifs is 1. The fraction of sp³-hybridized carbons (Fsp3) is 0.579. The number of ether oxygens (including phenoxy) is 1. The largest absolute Gasteiger partial charge is 0.489 e. The fourth-order valence-corrected chi connectivity index (χ4v) is 4.24. The van der Waals surface area contributed by atoms with Crippen LogP contribution in [0.1, 0.15) is 37.2 Å². The molecule has 6 heteroatoms. The zero-order valence-electron chi connectivity index (χ0n) is 14.7. The first-order chi connectivity index (χ1) is 12.1. The Kier molecular flexibility index (Phi) is 4.37. The van der Waals surface area contributed by atoms with Crippen LogP contribution < -0.4 is 15.0 Å². The van der Waals surface area contributed by atoms with E-state index in [1.807, 2.05) is 6.07 Å². The summed E-state index contributed by atoms with van der Waals surface area (Å²) in [5, 5.41) is 2.47. The van der Waals surface area contributed by atoms with Crippen molar-refractivity contribution in [2.45, 2.75) is 37.6 Å². The van der Waals surface area contributed by atoms with Gasteiger partial charge in [-0.2, -0.15) is 0 Å². The predicted molar refractivity (Wildman–Crippen MR) is 94.9 cm³/mol. The van der Waals surface area contributed by atoms with Gasteiger partial charge >= 0.3 is 0 Å². The number of benzene rings is 1. The minimum Gasteiger partial charge on any atom is -0.489 e. The number of anilines is 1. The third-order valence-electron chi connectivity index (χ3n) is 5.66. The Bertz CT molecular complexity index is 682. The average molecular weight is 343 g/mol. The van der Waals surface area contributed by atoms with E-state index in [4.69, 9.17) is 4.74 Å². The quantitative estimate of drug-likeness (QED) is 0.825. The molecule has 1 atom stereocenters. The number of hydrogen-bond donors (Lipinski definition) is 1. The van der Waals surface area contributed by atoms with Gasteiger partial charge in [0.05, 0.1) is 12.2 Å². The topological polar surface area (TPSA) is 61.9 Å². The molecule has 0 saturated carbocycles. The van der Waals surface area contributed by atoms with E-state index < -0.39 is 0 Å². The molecule has 0 aromatic heterocycles. The number of hydrogen-bond acceptors (Lipinski definition) is 5. The van der Waals surface area contributed by atoms with E-state index in [0.29, 0.717) is 31.9 Å². The molecule has 6 nitrogen and oxygen atoms in total. The number of carbonyl (C=O) groups is 2. The van der Waals surface area contributed by atoms with E-state index >= 15 is 0 Å². The minimum absolute atomic E-state index is 0.171. The molecule has 1 aromatic carbocycles.